The molecule has 1 aliphatic carbocycles. The van der Waals surface area contributed by atoms with E-state index in [9.17, 15) is 20.0 Å². The summed E-state index contributed by atoms with van der Waals surface area (Å²) in [6.45, 7) is 2.32. The van der Waals surface area contributed by atoms with Crippen LogP contribution in [-0.4, -0.2) is 33.1 Å². The molecule has 0 aromatic carbocycles. The molecule has 0 radical (unpaired) electrons. The highest BCUT2D eigenvalue weighted by Crippen LogP contribution is 2.33. The van der Waals surface area contributed by atoms with Crippen LogP contribution in [0.25, 0.3) is 0 Å². The molecule has 0 bridgehead atoms. The van der Waals surface area contributed by atoms with Crippen molar-refractivity contribution in [2.24, 2.45) is 5.92 Å². The zero-order valence-electron chi connectivity index (χ0n) is 12.1. The Morgan fingerprint density at radius 1 is 1.52 bits per heavy atom. The van der Waals surface area contributed by atoms with Crippen LogP contribution >= 0.6 is 0 Å². The second kappa shape index (κ2) is 6.26. The first-order chi connectivity index (χ1) is 9.93. The third-order valence-electron chi connectivity index (χ3n) is 4.30. The van der Waals surface area contributed by atoms with Crippen molar-refractivity contribution in [1.29, 1.82) is 0 Å². The molecule has 0 spiro atoms. The van der Waals surface area contributed by atoms with Crippen LogP contribution in [0.2, 0.25) is 0 Å². The first kappa shape index (κ1) is 15.5. The molecule has 0 atom stereocenters. The van der Waals surface area contributed by atoms with Crippen molar-refractivity contribution in [3.8, 4) is 0 Å². The number of carbonyl (C=O) groups is 1. The van der Waals surface area contributed by atoms with Crippen molar-refractivity contribution in [2.75, 3.05) is 6.54 Å². The van der Waals surface area contributed by atoms with Gasteiger partial charge in [-0.15, -0.1) is 0 Å². The predicted octanol–water partition coefficient (Wildman–Crippen LogP) is 1.98. The molecule has 1 aliphatic rings. The minimum Gasteiger partial charge on any atom is -0.388 e. The van der Waals surface area contributed by atoms with Crippen LogP contribution in [0.3, 0.4) is 0 Å². The molecule has 3 N–H and O–H groups in total. The molecule has 1 aromatic rings. The summed E-state index contributed by atoms with van der Waals surface area (Å²) in [7, 11) is 0. The summed E-state index contributed by atoms with van der Waals surface area (Å²) in [5.74, 6) is 0.00323. The Morgan fingerprint density at radius 3 is 2.71 bits per heavy atom. The fourth-order valence-electron chi connectivity index (χ4n) is 2.76. The lowest BCUT2D eigenvalue weighted by Crippen LogP contribution is -2.45. The smallest absolute Gasteiger partial charge is 0.321 e. The maximum Gasteiger partial charge on any atom is 0.321 e. The molecule has 1 saturated carbocycles. The number of carbonyl (C=O) groups excluding carboxylic acids is 1. The van der Waals surface area contributed by atoms with Crippen LogP contribution in [0.4, 0.5) is 5.82 Å². The van der Waals surface area contributed by atoms with Crippen LogP contribution in [0.15, 0.2) is 12.1 Å². The second-order valence-corrected chi connectivity index (χ2v) is 5.77. The van der Waals surface area contributed by atoms with Crippen molar-refractivity contribution in [3.05, 3.63) is 27.9 Å². The average Bonchev–Trinajstić information content (AvgIpc) is 2.96. The van der Waals surface area contributed by atoms with Gasteiger partial charge in [0.05, 0.1) is 5.60 Å². The van der Waals surface area contributed by atoms with Gasteiger partial charge in [0.1, 0.15) is 0 Å². The van der Waals surface area contributed by atoms with E-state index < -0.39 is 16.4 Å². The summed E-state index contributed by atoms with van der Waals surface area (Å²) in [6, 6.07) is 2.61. The molecule has 7 nitrogen and oxygen atoms in total. The van der Waals surface area contributed by atoms with Crippen LogP contribution in [-0.2, 0) is 0 Å². The molecular weight excluding hydrogens is 274 g/mol. The molecule has 116 valence electrons. The number of rotatable bonds is 5. The highest BCUT2D eigenvalue weighted by atomic mass is 16.6. The Kier molecular flexibility index (Phi) is 4.62. The van der Waals surface area contributed by atoms with Crippen molar-refractivity contribution in [3.63, 3.8) is 0 Å². The topological polar surface area (TPSA) is 108 Å². The third-order valence-corrected chi connectivity index (χ3v) is 4.30. The zero-order valence-corrected chi connectivity index (χ0v) is 12.1. The Labute approximate surface area is 122 Å². The molecule has 0 unspecified atom stereocenters. The molecule has 1 aromatic heterocycles. The monoisotopic (exact) mass is 295 g/mol. The van der Waals surface area contributed by atoms with E-state index >= 15 is 0 Å². The van der Waals surface area contributed by atoms with Gasteiger partial charge in [0, 0.05) is 12.6 Å². The predicted molar refractivity (Wildman–Crippen MR) is 77.0 cm³/mol. The van der Waals surface area contributed by atoms with Crippen molar-refractivity contribution in [2.45, 2.75) is 44.6 Å². The van der Waals surface area contributed by atoms with Gasteiger partial charge in [-0.25, -0.2) is 4.98 Å². The Morgan fingerprint density at radius 2 is 2.19 bits per heavy atom. The minimum atomic E-state index is -0.861. The molecule has 0 aliphatic heterocycles. The highest BCUT2D eigenvalue weighted by Gasteiger charge is 2.33. The van der Waals surface area contributed by atoms with Crippen molar-refractivity contribution in [1.82, 2.24) is 10.3 Å². The molecule has 7 heteroatoms. The first-order valence-corrected chi connectivity index (χ1v) is 7.27. The third kappa shape index (κ3) is 3.81. The molecule has 1 heterocycles. The molecule has 0 saturated heterocycles. The number of aromatic nitrogens is 1. The quantitative estimate of drug-likeness (QED) is 0.570. The number of aromatic amines is 1. The van der Waals surface area contributed by atoms with Gasteiger partial charge in [0.25, 0.3) is 5.91 Å². The fourth-order valence-corrected chi connectivity index (χ4v) is 2.76. The van der Waals surface area contributed by atoms with E-state index in [1.165, 1.54) is 12.1 Å². The Hall–Kier alpha value is -1.89. The lowest BCUT2D eigenvalue weighted by molar-refractivity contribution is -0.389. The lowest BCUT2D eigenvalue weighted by atomic mass is 9.78. The van der Waals surface area contributed by atoms with Gasteiger partial charge in [0.15, 0.2) is 5.69 Å². The number of nitrogens with zero attached hydrogens (tertiary/aromatic N) is 1. The van der Waals surface area contributed by atoms with E-state index in [2.05, 4.69) is 17.2 Å². The molecule has 2 rings (SSSR count). The van der Waals surface area contributed by atoms with E-state index in [1.54, 1.807) is 0 Å². The number of aliphatic hydroxyl groups is 1. The summed E-state index contributed by atoms with van der Waals surface area (Å²) >= 11 is 0. The van der Waals surface area contributed by atoms with Crippen molar-refractivity contribution >= 4 is 11.7 Å². The summed E-state index contributed by atoms with van der Waals surface area (Å²) in [6.07, 6.45) is 4.41. The SMILES string of the molecule is CCC1CCC(O)(CNC(=O)c2ccc([N+](=O)[O-])[nH]2)CC1. The van der Waals surface area contributed by atoms with E-state index in [1.807, 2.05) is 0 Å². The number of amides is 1. The van der Waals surface area contributed by atoms with Crippen LogP contribution in [0, 0.1) is 16.0 Å². The number of H-pyrrole nitrogens is 1. The molecule has 1 fully saturated rings. The van der Waals surface area contributed by atoms with Gasteiger partial charge >= 0.3 is 5.82 Å². The molecule has 1 amide bonds. The summed E-state index contributed by atoms with van der Waals surface area (Å²) in [4.78, 5) is 24.3. The van der Waals surface area contributed by atoms with Gasteiger partial charge < -0.3 is 20.5 Å². The van der Waals surface area contributed by atoms with Gasteiger partial charge in [0.2, 0.25) is 0 Å². The van der Waals surface area contributed by atoms with E-state index in [0.29, 0.717) is 18.8 Å². The lowest BCUT2D eigenvalue weighted by Gasteiger charge is -2.35. The summed E-state index contributed by atoms with van der Waals surface area (Å²) in [5.41, 5.74) is -0.729. The first-order valence-electron chi connectivity index (χ1n) is 7.27. The van der Waals surface area contributed by atoms with Crippen molar-refractivity contribution < 1.29 is 14.8 Å². The number of nitrogens with one attached hydrogen (secondary N) is 2. The fraction of sp³-hybridized carbons (Fsp3) is 0.643. The zero-order chi connectivity index (χ0) is 15.5. The van der Waals surface area contributed by atoms with Crippen LogP contribution in [0.5, 0.6) is 0 Å². The number of hydrogen-bond donors (Lipinski definition) is 3. The van der Waals surface area contributed by atoms with Gasteiger partial charge in [-0.2, -0.15) is 0 Å². The molecular formula is C14H21N3O4. The summed E-state index contributed by atoms with van der Waals surface area (Å²) in [5, 5.41) is 23.6. The average molecular weight is 295 g/mol. The van der Waals surface area contributed by atoms with E-state index in [0.717, 1.165) is 19.3 Å². The minimum absolute atomic E-state index is 0.132. The van der Waals surface area contributed by atoms with Crippen LogP contribution in [0.1, 0.15) is 49.5 Å². The normalized spacial score (nSPS) is 25.5. The standard InChI is InChI=1S/C14H21N3O4/c1-2-10-5-7-14(19,8-6-10)9-15-13(18)11-3-4-12(16-11)17(20)21/h3-4,10,16,19H,2,5-9H2,1H3,(H,15,18). The van der Waals surface area contributed by atoms with Gasteiger partial charge in [-0.05, 0) is 42.6 Å². The molecule has 21 heavy (non-hydrogen) atoms. The van der Waals surface area contributed by atoms with E-state index in [4.69, 9.17) is 0 Å². The largest absolute Gasteiger partial charge is 0.388 e. The Balaban J connectivity index is 1.87. The summed E-state index contributed by atoms with van der Waals surface area (Å²) < 4.78 is 0. The Bertz CT molecular complexity index is 518. The van der Waals surface area contributed by atoms with E-state index in [-0.39, 0.29) is 18.1 Å². The maximum atomic E-state index is 11.9. The number of hydrogen-bond acceptors (Lipinski definition) is 4. The van der Waals surface area contributed by atoms with Crippen LogP contribution < -0.4 is 5.32 Å². The highest BCUT2D eigenvalue weighted by molar-refractivity contribution is 5.92. The van der Waals surface area contributed by atoms with Gasteiger partial charge in [-0.3, -0.25) is 4.79 Å². The second-order valence-electron chi connectivity index (χ2n) is 5.77. The van der Waals surface area contributed by atoms with Gasteiger partial charge in [-0.1, -0.05) is 13.3 Å². The number of nitro groups is 1. The maximum absolute atomic E-state index is 11.9.